The number of nitrogens with two attached hydrogens (primary N) is 1. The first-order valence-electron chi connectivity index (χ1n) is 16.8. The molecule has 0 unspecified atom stereocenters. The Labute approximate surface area is 294 Å². The summed E-state index contributed by atoms with van der Waals surface area (Å²) in [5.74, 6) is -5.62. The van der Waals surface area contributed by atoms with E-state index in [4.69, 9.17) is 48.1 Å². The SMILES string of the molecule is COC(=O)[C@H]1O[C@@H](O[Si](C(C)C)(C(C)C)C(C)C)[C@@H](N)[C@@H](C[C@H]2O[C@H](COC(C)=O)[C@@H](OC(C)=O)[C@H](OC(C)=O)[C@@H]2OC(C)=O)[C@H]1OC(C)=O. The molecule has 0 aliphatic carbocycles. The normalized spacial score (nSPS) is 30.0. The van der Waals surface area contributed by atoms with E-state index in [2.05, 4.69) is 41.5 Å². The molecule has 0 saturated carbocycles. The lowest BCUT2D eigenvalue weighted by Crippen LogP contribution is -2.67. The minimum absolute atomic E-state index is 0.0966. The van der Waals surface area contributed by atoms with Gasteiger partial charge in [-0.1, -0.05) is 41.5 Å². The lowest BCUT2D eigenvalue weighted by molar-refractivity contribution is -0.265. The van der Waals surface area contributed by atoms with Crippen LogP contribution in [0.15, 0.2) is 0 Å². The topological polar surface area (TPSA) is 212 Å². The molecule has 0 amide bonds. The van der Waals surface area contributed by atoms with Gasteiger partial charge in [0, 0.05) is 40.5 Å². The number of ether oxygens (including phenoxy) is 8. The van der Waals surface area contributed by atoms with E-state index in [1.54, 1.807) is 0 Å². The highest BCUT2D eigenvalue weighted by Crippen LogP contribution is 2.46. The van der Waals surface area contributed by atoms with Crippen LogP contribution in [0.3, 0.4) is 0 Å². The Morgan fingerprint density at radius 1 is 0.640 bits per heavy atom. The van der Waals surface area contributed by atoms with Crippen molar-refractivity contribution in [2.75, 3.05) is 13.7 Å². The van der Waals surface area contributed by atoms with E-state index >= 15 is 0 Å². The number of carbonyl (C=O) groups is 6. The fraction of sp³-hybridized carbons (Fsp3) is 0.818. The number of carbonyl (C=O) groups excluding carboxylic acids is 6. The Balaban J connectivity index is 2.78. The maximum Gasteiger partial charge on any atom is 0.339 e. The second-order valence-electron chi connectivity index (χ2n) is 13.7. The van der Waals surface area contributed by atoms with Crippen molar-refractivity contribution in [2.24, 2.45) is 11.7 Å². The molecule has 2 saturated heterocycles. The van der Waals surface area contributed by atoms with Gasteiger partial charge in [0.1, 0.15) is 18.8 Å². The van der Waals surface area contributed by atoms with Gasteiger partial charge < -0.3 is 48.1 Å². The van der Waals surface area contributed by atoms with Crippen molar-refractivity contribution >= 4 is 44.1 Å². The van der Waals surface area contributed by atoms with Crippen molar-refractivity contribution in [2.45, 2.75) is 154 Å². The molecular formula is C33H55NO15Si. The third-order valence-corrected chi connectivity index (χ3v) is 15.2. The van der Waals surface area contributed by atoms with Crippen LogP contribution < -0.4 is 5.73 Å². The lowest BCUT2D eigenvalue weighted by Gasteiger charge is -2.51. The molecule has 2 heterocycles. The van der Waals surface area contributed by atoms with Crippen molar-refractivity contribution in [3.05, 3.63) is 0 Å². The van der Waals surface area contributed by atoms with Gasteiger partial charge in [-0.3, -0.25) is 24.0 Å². The fourth-order valence-electron chi connectivity index (χ4n) is 7.39. The molecule has 10 atom stereocenters. The summed E-state index contributed by atoms with van der Waals surface area (Å²) in [6, 6.07) is -1.06. The summed E-state index contributed by atoms with van der Waals surface area (Å²) in [4.78, 5) is 74.6. The average molecular weight is 734 g/mol. The Kier molecular flexibility index (Phi) is 15.8. The highest BCUT2D eigenvalue weighted by atomic mass is 28.4. The van der Waals surface area contributed by atoms with Gasteiger partial charge in [0.2, 0.25) is 8.32 Å². The van der Waals surface area contributed by atoms with E-state index in [9.17, 15) is 28.8 Å². The van der Waals surface area contributed by atoms with Crippen LogP contribution in [0.1, 0.15) is 82.6 Å². The van der Waals surface area contributed by atoms with E-state index in [-0.39, 0.29) is 23.0 Å². The molecule has 16 nitrogen and oxygen atoms in total. The Bertz CT molecular complexity index is 1200. The highest BCUT2D eigenvalue weighted by Gasteiger charge is 2.58. The quantitative estimate of drug-likeness (QED) is 0.154. The molecule has 0 bridgehead atoms. The predicted octanol–water partition coefficient (Wildman–Crippen LogP) is 2.47. The van der Waals surface area contributed by atoms with E-state index in [0.29, 0.717) is 0 Å². The first-order chi connectivity index (χ1) is 23.2. The predicted molar refractivity (Wildman–Crippen MR) is 176 cm³/mol. The van der Waals surface area contributed by atoms with Crippen molar-refractivity contribution in [1.29, 1.82) is 0 Å². The number of hydrogen-bond donors (Lipinski definition) is 1. The zero-order chi connectivity index (χ0) is 38.2. The van der Waals surface area contributed by atoms with Crippen LogP contribution in [0.25, 0.3) is 0 Å². The maximum absolute atomic E-state index is 13.3. The van der Waals surface area contributed by atoms with Gasteiger partial charge in [-0.2, -0.15) is 0 Å². The largest absolute Gasteiger partial charge is 0.467 e. The summed E-state index contributed by atoms with van der Waals surface area (Å²) >= 11 is 0. The van der Waals surface area contributed by atoms with Crippen LogP contribution in [0.4, 0.5) is 0 Å². The number of hydrogen-bond acceptors (Lipinski definition) is 16. The van der Waals surface area contributed by atoms with E-state index < -0.39 is 112 Å². The molecule has 2 N–H and O–H groups in total. The third kappa shape index (κ3) is 10.5. The molecule has 2 fully saturated rings. The highest BCUT2D eigenvalue weighted by molar-refractivity contribution is 6.77. The second-order valence-corrected chi connectivity index (χ2v) is 19.1. The van der Waals surface area contributed by atoms with Gasteiger partial charge in [0.25, 0.3) is 0 Å². The Hall–Kier alpha value is -3.12. The molecule has 50 heavy (non-hydrogen) atoms. The average Bonchev–Trinajstić information content (AvgIpc) is 2.98. The van der Waals surface area contributed by atoms with Crippen LogP contribution in [0.5, 0.6) is 0 Å². The molecule has 2 rings (SSSR count). The van der Waals surface area contributed by atoms with Gasteiger partial charge >= 0.3 is 35.8 Å². The summed E-state index contributed by atoms with van der Waals surface area (Å²) in [6.45, 7) is 17.6. The van der Waals surface area contributed by atoms with Crippen molar-refractivity contribution in [3.8, 4) is 0 Å². The summed E-state index contributed by atoms with van der Waals surface area (Å²) < 4.78 is 52.2. The molecule has 2 aliphatic rings. The number of esters is 6. The van der Waals surface area contributed by atoms with Crippen LogP contribution in [0.2, 0.25) is 16.6 Å². The van der Waals surface area contributed by atoms with Crippen LogP contribution in [-0.4, -0.2) is 113 Å². The summed E-state index contributed by atoms with van der Waals surface area (Å²) in [5, 5.41) is 0. The first-order valence-corrected chi connectivity index (χ1v) is 19.0. The molecule has 17 heteroatoms. The Morgan fingerprint density at radius 3 is 1.50 bits per heavy atom. The van der Waals surface area contributed by atoms with Crippen LogP contribution in [0, 0.1) is 5.92 Å². The van der Waals surface area contributed by atoms with E-state index in [1.165, 1.54) is 6.92 Å². The zero-order valence-corrected chi connectivity index (χ0v) is 32.1. The molecule has 2 aliphatic heterocycles. The van der Waals surface area contributed by atoms with Crippen molar-refractivity contribution < 1.29 is 71.1 Å². The van der Waals surface area contributed by atoms with E-state index in [0.717, 1.165) is 34.8 Å². The van der Waals surface area contributed by atoms with Gasteiger partial charge in [-0.15, -0.1) is 0 Å². The van der Waals surface area contributed by atoms with Crippen molar-refractivity contribution in [3.63, 3.8) is 0 Å². The summed E-state index contributed by atoms with van der Waals surface area (Å²) in [5.41, 5.74) is 7.24. The van der Waals surface area contributed by atoms with Crippen LogP contribution >= 0.6 is 0 Å². The smallest absolute Gasteiger partial charge is 0.339 e. The van der Waals surface area contributed by atoms with Gasteiger partial charge in [-0.25, -0.2) is 4.79 Å². The standard InChI is InChI=1S/C33H55NO15Si/c1-15(2)50(16(3)4,17(5)6)49-33-26(34)23(27(43-19(8)36)31(48-33)32(40)41-12)13-24-28(44-20(9)37)30(46-22(11)39)29(45-21(10)38)25(47-24)14-42-18(7)35/h15-17,23-31,33H,13-14,34H2,1-12H3/t23-,24-,25-,26+,27-,28-,29-,30-,31+,33+/m1/s1. The number of rotatable bonds is 14. The third-order valence-electron chi connectivity index (χ3n) is 9.16. The lowest BCUT2D eigenvalue weighted by atomic mass is 9.80. The zero-order valence-electron chi connectivity index (χ0n) is 31.1. The fourth-order valence-corrected chi connectivity index (χ4v) is 12.8. The molecule has 0 aromatic carbocycles. The molecule has 0 aromatic rings. The Morgan fingerprint density at radius 2 is 1.08 bits per heavy atom. The monoisotopic (exact) mass is 733 g/mol. The maximum atomic E-state index is 13.3. The molecular weight excluding hydrogens is 678 g/mol. The minimum Gasteiger partial charge on any atom is -0.467 e. The molecule has 0 aromatic heterocycles. The van der Waals surface area contributed by atoms with Crippen LogP contribution in [-0.2, 0) is 71.1 Å². The molecule has 286 valence electrons. The summed E-state index contributed by atoms with van der Waals surface area (Å²) in [7, 11) is -1.55. The number of methoxy groups -OCH3 is 1. The minimum atomic E-state index is -2.71. The summed E-state index contributed by atoms with van der Waals surface area (Å²) in [6.07, 6.45) is -10.9. The van der Waals surface area contributed by atoms with Crippen molar-refractivity contribution in [1.82, 2.24) is 0 Å². The van der Waals surface area contributed by atoms with E-state index in [1.807, 2.05) is 0 Å². The van der Waals surface area contributed by atoms with Gasteiger partial charge in [0.05, 0.1) is 19.3 Å². The second kappa shape index (κ2) is 18.4. The molecule has 0 spiro atoms. The van der Waals surface area contributed by atoms with Gasteiger partial charge in [-0.05, 0) is 23.0 Å². The van der Waals surface area contributed by atoms with Gasteiger partial charge in [0.15, 0.2) is 30.7 Å². The molecule has 0 radical (unpaired) electrons. The first kappa shape index (κ1) is 43.0.